The predicted molar refractivity (Wildman–Crippen MR) is 84.1 cm³/mol. The van der Waals surface area contributed by atoms with Crippen LogP contribution < -0.4 is 10.6 Å². The van der Waals surface area contributed by atoms with Crippen molar-refractivity contribution in [3.8, 4) is 0 Å². The Kier molecular flexibility index (Phi) is 3.61. The molecular formula is C15H22N2O3S. The first kappa shape index (κ1) is 14.7. The first-order chi connectivity index (χ1) is 9.93. The predicted octanol–water partition coefficient (Wildman–Crippen LogP) is 2.35. The summed E-state index contributed by atoms with van der Waals surface area (Å²) < 4.78 is 5.10. The number of β-amino-alcohol motifs (C(OH)–C–C–N with tert-alkyl or cyclic N) is 1. The van der Waals surface area contributed by atoms with E-state index in [0.717, 1.165) is 36.4 Å². The third-order valence-corrected chi connectivity index (χ3v) is 5.41. The number of carbonyl (C=O) groups excluding carboxylic acids is 1. The van der Waals surface area contributed by atoms with Crippen LogP contribution in [0.2, 0.25) is 0 Å². The van der Waals surface area contributed by atoms with Crippen LogP contribution in [-0.4, -0.2) is 36.4 Å². The number of carbonyl (C=O) groups is 1. The molecule has 3 N–H and O–H groups in total. The van der Waals surface area contributed by atoms with Gasteiger partial charge in [-0.2, -0.15) is 0 Å². The van der Waals surface area contributed by atoms with Crippen molar-refractivity contribution in [2.75, 3.05) is 30.3 Å². The Morgan fingerprint density at radius 1 is 1.57 bits per heavy atom. The zero-order chi connectivity index (χ0) is 15.2. The van der Waals surface area contributed by atoms with Gasteiger partial charge in [-0.15, -0.1) is 11.3 Å². The Hall–Kier alpha value is -1.27. The van der Waals surface area contributed by atoms with Gasteiger partial charge in [-0.3, -0.25) is 0 Å². The molecular weight excluding hydrogens is 288 g/mol. The lowest BCUT2D eigenvalue weighted by Gasteiger charge is -2.20. The molecule has 2 aliphatic rings. The lowest BCUT2D eigenvalue weighted by Crippen LogP contribution is -2.29. The van der Waals surface area contributed by atoms with Crippen molar-refractivity contribution in [1.29, 1.82) is 0 Å². The minimum Gasteiger partial charge on any atom is -0.462 e. The van der Waals surface area contributed by atoms with Gasteiger partial charge in [-0.1, -0.05) is 0 Å². The largest absolute Gasteiger partial charge is 0.462 e. The van der Waals surface area contributed by atoms with Crippen molar-refractivity contribution >= 4 is 28.0 Å². The molecule has 0 radical (unpaired) electrons. The zero-order valence-corrected chi connectivity index (χ0v) is 13.3. The third kappa shape index (κ3) is 2.74. The van der Waals surface area contributed by atoms with Crippen LogP contribution in [-0.2, 0) is 4.74 Å². The van der Waals surface area contributed by atoms with Crippen molar-refractivity contribution in [2.45, 2.75) is 44.6 Å². The number of ether oxygens (including phenoxy) is 1. The fraction of sp³-hybridized carbons (Fsp3) is 0.667. The monoisotopic (exact) mass is 310 g/mol. The van der Waals surface area contributed by atoms with Gasteiger partial charge in [-0.05, 0) is 39.0 Å². The molecule has 1 aliphatic carbocycles. The summed E-state index contributed by atoms with van der Waals surface area (Å²) in [5.74, 6) is 0.129. The van der Waals surface area contributed by atoms with Crippen molar-refractivity contribution in [2.24, 2.45) is 0 Å². The smallest absolute Gasteiger partial charge is 0.350 e. The summed E-state index contributed by atoms with van der Waals surface area (Å²) in [4.78, 5) is 14.7. The average molecular weight is 310 g/mol. The summed E-state index contributed by atoms with van der Waals surface area (Å²) in [6, 6.07) is 0. The molecule has 116 valence electrons. The minimum atomic E-state index is -0.663. The van der Waals surface area contributed by atoms with E-state index in [1.807, 2.05) is 6.92 Å². The first-order valence-electron chi connectivity index (χ1n) is 7.49. The molecule has 0 bridgehead atoms. The Balaban J connectivity index is 1.96. The molecule has 21 heavy (non-hydrogen) atoms. The normalized spacial score (nSPS) is 25.4. The topological polar surface area (TPSA) is 75.8 Å². The van der Waals surface area contributed by atoms with Crippen LogP contribution in [0, 0.1) is 0 Å². The first-order valence-corrected chi connectivity index (χ1v) is 8.31. The molecule has 1 aromatic rings. The van der Waals surface area contributed by atoms with E-state index < -0.39 is 5.60 Å². The number of nitrogens with zero attached hydrogens (tertiary/aromatic N) is 1. The Labute approximate surface area is 128 Å². The van der Waals surface area contributed by atoms with Gasteiger partial charge in [0.15, 0.2) is 0 Å². The SMILES string of the molecule is CCOC(=O)c1sc(N2CCC(C)(O)C2)c(C2CC2)c1N. The Morgan fingerprint density at radius 2 is 2.29 bits per heavy atom. The van der Waals surface area contributed by atoms with Crippen LogP contribution in [0.25, 0.3) is 0 Å². The van der Waals surface area contributed by atoms with Crippen LogP contribution in [0.3, 0.4) is 0 Å². The molecule has 1 saturated heterocycles. The number of anilines is 2. The van der Waals surface area contributed by atoms with E-state index in [2.05, 4.69) is 4.90 Å². The summed E-state index contributed by atoms with van der Waals surface area (Å²) in [6.45, 7) is 5.39. The average Bonchev–Trinajstić information content (AvgIpc) is 3.09. The van der Waals surface area contributed by atoms with Gasteiger partial charge >= 0.3 is 5.97 Å². The lowest BCUT2D eigenvalue weighted by molar-refractivity contribution is 0.0533. The highest BCUT2D eigenvalue weighted by Crippen LogP contribution is 2.52. The van der Waals surface area contributed by atoms with Crippen LogP contribution in [0.4, 0.5) is 10.7 Å². The fourth-order valence-electron chi connectivity index (χ4n) is 2.91. The third-order valence-electron chi connectivity index (χ3n) is 4.15. The van der Waals surface area contributed by atoms with Gasteiger partial charge in [0, 0.05) is 18.7 Å². The molecule has 0 aromatic carbocycles. The molecule has 0 spiro atoms. The molecule has 1 saturated carbocycles. The highest BCUT2D eigenvalue weighted by molar-refractivity contribution is 7.18. The maximum absolute atomic E-state index is 12.1. The second-order valence-corrected chi connectivity index (χ2v) is 7.23. The maximum atomic E-state index is 12.1. The van der Waals surface area contributed by atoms with E-state index in [0.29, 0.717) is 29.6 Å². The number of aliphatic hydroxyl groups is 1. The van der Waals surface area contributed by atoms with E-state index in [4.69, 9.17) is 10.5 Å². The van der Waals surface area contributed by atoms with E-state index in [9.17, 15) is 9.90 Å². The molecule has 3 rings (SSSR count). The Morgan fingerprint density at radius 3 is 2.81 bits per heavy atom. The van der Waals surface area contributed by atoms with Crippen molar-refractivity contribution in [3.63, 3.8) is 0 Å². The standard InChI is InChI=1S/C15H22N2O3S/c1-3-20-14(18)12-11(16)10(9-4-5-9)13(21-12)17-7-6-15(2,19)8-17/h9,19H,3-8,16H2,1-2H3. The lowest BCUT2D eigenvalue weighted by atomic mass is 10.1. The molecule has 1 aliphatic heterocycles. The second kappa shape index (κ2) is 5.18. The fourth-order valence-corrected chi connectivity index (χ4v) is 4.14. The number of nitrogens with two attached hydrogens (primary N) is 1. The van der Waals surface area contributed by atoms with Gasteiger partial charge in [0.05, 0.1) is 22.9 Å². The van der Waals surface area contributed by atoms with E-state index >= 15 is 0 Å². The maximum Gasteiger partial charge on any atom is 0.350 e. The van der Waals surface area contributed by atoms with Crippen LogP contribution in [0.15, 0.2) is 0 Å². The van der Waals surface area contributed by atoms with Gasteiger partial charge in [0.2, 0.25) is 0 Å². The molecule has 0 amide bonds. The number of hydrogen-bond acceptors (Lipinski definition) is 6. The zero-order valence-electron chi connectivity index (χ0n) is 12.5. The number of thiophene rings is 1. The van der Waals surface area contributed by atoms with Gasteiger partial charge in [0.25, 0.3) is 0 Å². The van der Waals surface area contributed by atoms with Crippen molar-refractivity contribution < 1.29 is 14.6 Å². The summed E-state index contributed by atoms with van der Waals surface area (Å²) in [5.41, 5.74) is 7.25. The number of rotatable bonds is 4. The molecule has 2 heterocycles. The quantitative estimate of drug-likeness (QED) is 0.835. The van der Waals surface area contributed by atoms with E-state index in [1.165, 1.54) is 11.3 Å². The van der Waals surface area contributed by atoms with Crippen molar-refractivity contribution in [1.82, 2.24) is 0 Å². The second-order valence-electron chi connectivity index (χ2n) is 6.23. The molecule has 1 unspecified atom stereocenters. The van der Waals surface area contributed by atoms with Crippen LogP contribution in [0.5, 0.6) is 0 Å². The Bertz CT molecular complexity index is 564. The van der Waals surface area contributed by atoms with Gasteiger partial charge < -0.3 is 20.5 Å². The molecule has 5 nitrogen and oxygen atoms in total. The van der Waals surface area contributed by atoms with Crippen LogP contribution >= 0.6 is 11.3 Å². The number of esters is 1. The van der Waals surface area contributed by atoms with Crippen molar-refractivity contribution in [3.05, 3.63) is 10.4 Å². The highest BCUT2D eigenvalue weighted by Gasteiger charge is 2.39. The molecule has 2 fully saturated rings. The molecule has 6 heteroatoms. The summed E-state index contributed by atoms with van der Waals surface area (Å²) >= 11 is 1.42. The highest BCUT2D eigenvalue weighted by atomic mass is 32.1. The van der Waals surface area contributed by atoms with E-state index in [-0.39, 0.29) is 5.97 Å². The summed E-state index contributed by atoms with van der Waals surface area (Å²) in [5, 5.41) is 11.2. The van der Waals surface area contributed by atoms with E-state index in [1.54, 1.807) is 6.92 Å². The van der Waals surface area contributed by atoms with Crippen LogP contribution in [0.1, 0.15) is 54.3 Å². The van der Waals surface area contributed by atoms with Gasteiger partial charge in [0.1, 0.15) is 4.88 Å². The minimum absolute atomic E-state index is 0.334. The number of nitrogen functional groups attached to an aromatic ring is 1. The molecule has 1 atom stereocenters. The number of hydrogen-bond donors (Lipinski definition) is 2. The summed E-state index contributed by atoms with van der Waals surface area (Å²) in [6.07, 6.45) is 2.99. The molecule has 1 aromatic heterocycles. The van der Waals surface area contributed by atoms with Gasteiger partial charge in [-0.25, -0.2) is 4.79 Å². The summed E-state index contributed by atoms with van der Waals surface area (Å²) in [7, 11) is 0.